The molecule has 0 saturated heterocycles. The molecule has 106 valence electrons. The van der Waals surface area contributed by atoms with Crippen LogP contribution < -0.4 is 4.72 Å². The summed E-state index contributed by atoms with van der Waals surface area (Å²) in [6, 6.07) is 9.86. The van der Waals surface area contributed by atoms with Crippen molar-refractivity contribution in [1.29, 1.82) is 0 Å². The standard InChI is InChI=1S/C14H17N3O2S/c1-11(2)14(12-7-3-5-9-15-12)17-20(18,19)13-8-4-6-10-16-13/h3-11,14,17H,1-2H3. The Kier molecular flexibility index (Phi) is 4.46. The number of nitrogens with one attached hydrogen (secondary N) is 1. The van der Waals surface area contributed by atoms with E-state index >= 15 is 0 Å². The second kappa shape index (κ2) is 6.11. The van der Waals surface area contributed by atoms with Crippen molar-refractivity contribution >= 4 is 10.0 Å². The third-order valence-electron chi connectivity index (χ3n) is 2.87. The van der Waals surface area contributed by atoms with Gasteiger partial charge in [0.2, 0.25) is 0 Å². The number of rotatable bonds is 5. The monoisotopic (exact) mass is 291 g/mol. The topological polar surface area (TPSA) is 72.0 Å². The highest BCUT2D eigenvalue weighted by Gasteiger charge is 2.25. The summed E-state index contributed by atoms with van der Waals surface area (Å²) >= 11 is 0. The lowest BCUT2D eigenvalue weighted by atomic mass is 10.0. The third kappa shape index (κ3) is 3.40. The fraction of sp³-hybridized carbons (Fsp3) is 0.286. The maximum Gasteiger partial charge on any atom is 0.258 e. The van der Waals surface area contributed by atoms with Crippen LogP contribution in [0.1, 0.15) is 25.6 Å². The Balaban J connectivity index is 2.30. The summed E-state index contributed by atoms with van der Waals surface area (Å²) in [6.07, 6.45) is 3.11. The predicted octanol–water partition coefficient (Wildman–Crippen LogP) is 2.15. The molecule has 0 amide bonds. The predicted molar refractivity (Wildman–Crippen MR) is 76.4 cm³/mol. The molecular weight excluding hydrogens is 274 g/mol. The molecule has 2 rings (SSSR count). The summed E-state index contributed by atoms with van der Waals surface area (Å²) in [5, 5.41) is 0.0154. The highest BCUT2D eigenvalue weighted by molar-refractivity contribution is 7.89. The van der Waals surface area contributed by atoms with Crippen LogP contribution >= 0.6 is 0 Å². The van der Waals surface area contributed by atoms with Gasteiger partial charge >= 0.3 is 0 Å². The minimum absolute atomic E-state index is 0.0154. The Hall–Kier alpha value is -1.79. The zero-order valence-electron chi connectivity index (χ0n) is 11.4. The Bertz CT molecular complexity index is 643. The molecule has 1 atom stereocenters. The molecule has 0 spiro atoms. The van der Waals surface area contributed by atoms with Crippen molar-refractivity contribution in [2.24, 2.45) is 5.92 Å². The number of sulfonamides is 1. The van der Waals surface area contributed by atoms with Gasteiger partial charge < -0.3 is 0 Å². The molecule has 5 nitrogen and oxygen atoms in total. The van der Waals surface area contributed by atoms with Crippen molar-refractivity contribution in [3.05, 3.63) is 54.5 Å². The zero-order chi connectivity index (χ0) is 14.6. The number of pyridine rings is 2. The SMILES string of the molecule is CC(C)C(NS(=O)(=O)c1ccccn1)c1ccccn1. The summed E-state index contributed by atoms with van der Waals surface area (Å²) in [4.78, 5) is 8.12. The Morgan fingerprint density at radius 1 is 1.00 bits per heavy atom. The van der Waals surface area contributed by atoms with Gasteiger partial charge in [0.05, 0.1) is 11.7 Å². The van der Waals surface area contributed by atoms with Crippen molar-refractivity contribution in [3.63, 3.8) is 0 Å². The molecule has 0 saturated carbocycles. The summed E-state index contributed by atoms with van der Waals surface area (Å²) in [6.45, 7) is 3.89. The Labute approximate surface area is 119 Å². The zero-order valence-corrected chi connectivity index (χ0v) is 12.2. The van der Waals surface area contributed by atoms with Gasteiger partial charge in [0.1, 0.15) is 0 Å². The molecule has 0 bridgehead atoms. The Morgan fingerprint density at radius 3 is 2.15 bits per heavy atom. The number of hydrogen-bond acceptors (Lipinski definition) is 4. The van der Waals surface area contributed by atoms with E-state index in [2.05, 4.69) is 14.7 Å². The lowest BCUT2D eigenvalue weighted by molar-refractivity contribution is 0.453. The third-order valence-corrected chi connectivity index (χ3v) is 4.22. The molecular formula is C14H17N3O2S. The molecule has 1 unspecified atom stereocenters. The fourth-order valence-electron chi connectivity index (χ4n) is 1.83. The first kappa shape index (κ1) is 14.6. The van der Waals surface area contributed by atoms with E-state index < -0.39 is 10.0 Å². The first-order valence-corrected chi connectivity index (χ1v) is 7.83. The van der Waals surface area contributed by atoms with Gasteiger partial charge in [-0.1, -0.05) is 26.0 Å². The molecule has 1 N–H and O–H groups in total. The first-order valence-electron chi connectivity index (χ1n) is 6.35. The normalized spacial score (nSPS) is 13.3. The minimum atomic E-state index is -3.65. The van der Waals surface area contributed by atoms with E-state index in [0.29, 0.717) is 5.69 Å². The largest absolute Gasteiger partial charge is 0.260 e. The summed E-state index contributed by atoms with van der Waals surface area (Å²) < 4.78 is 27.3. The maximum absolute atomic E-state index is 12.3. The average Bonchev–Trinajstić information content (AvgIpc) is 2.46. The van der Waals surface area contributed by atoms with E-state index in [4.69, 9.17) is 0 Å². The van der Waals surface area contributed by atoms with Crippen LogP contribution in [-0.2, 0) is 10.0 Å². The molecule has 0 radical (unpaired) electrons. The summed E-state index contributed by atoms with van der Waals surface area (Å²) in [5.41, 5.74) is 0.696. The molecule has 0 fully saturated rings. The minimum Gasteiger partial charge on any atom is -0.260 e. The van der Waals surface area contributed by atoms with Gasteiger partial charge in [-0.15, -0.1) is 0 Å². The van der Waals surface area contributed by atoms with Gasteiger partial charge in [-0.05, 0) is 30.2 Å². The van der Waals surface area contributed by atoms with Crippen LogP contribution in [0.4, 0.5) is 0 Å². The number of hydrogen-bond donors (Lipinski definition) is 1. The van der Waals surface area contributed by atoms with Gasteiger partial charge in [0, 0.05) is 12.4 Å². The lowest BCUT2D eigenvalue weighted by Gasteiger charge is -2.21. The van der Waals surface area contributed by atoms with Gasteiger partial charge in [-0.2, -0.15) is 0 Å². The average molecular weight is 291 g/mol. The van der Waals surface area contributed by atoms with E-state index in [0.717, 1.165) is 0 Å². The van der Waals surface area contributed by atoms with Crippen molar-refractivity contribution < 1.29 is 8.42 Å². The second-order valence-electron chi connectivity index (χ2n) is 4.77. The van der Waals surface area contributed by atoms with E-state index in [1.54, 1.807) is 24.4 Å². The highest BCUT2D eigenvalue weighted by atomic mass is 32.2. The molecule has 20 heavy (non-hydrogen) atoms. The number of nitrogens with zero attached hydrogens (tertiary/aromatic N) is 2. The highest BCUT2D eigenvalue weighted by Crippen LogP contribution is 2.21. The van der Waals surface area contributed by atoms with Crippen LogP contribution in [0.2, 0.25) is 0 Å². The quantitative estimate of drug-likeness (QED) is 0.916. The van der Waals surface area contributed by atoms with Crippen molar-refractivity contribution in [3.8, 4) is 0 Å². The van der Waals surface area contributed by atoms with E-state index in [-0.39, 0.29) is 17.0 Å². The molecule has 0 aliphatic rings. The van der Waals surface area contributed by atoms with Crippen molar-refractivity contribution in [1.82, 2.24) is 14.7 Å². The smallest absolute Gasteiger partial charge is 0.258 e. The van der Waals surface area contributed by atoms with E-state index in [1.807, 2.05) is 26.0 Å². The first-order chi connectivity index (χ1) is 9.50. The maximum atomic E-state index is 12.3. The molecule has 2 aromatic heterocycles. The second-order valence-corrected chi connectivity index (χ2v) is 6.43. The van der Waals surface area contributed by atoms with Gasteiger partial charge in [-0.25, -0.2) is 18.1 Å². The van der Waals surface area contributed by atoms with E-state index in [1.165, 1.54) is 12.3 Å². The molecule has 0 aliphatic carbocycles. The molecule has 0 aromatic carbocycles. The van der Waals surface area contributed by atoms with Crippen molar-refractivity contribution in [2.45, 2.75) is 24.9 Å². The molecule has 6 heteroatoms. The fourth-order valence-corrected chi connectivity index (χ4v) is 3.14. The molecule has 2 heterocycles. The summed E-state index contributed by atoms with van der Waals surface area (Å²) in [5.74, 6) is 0.0726. The summed E-state index contributed by atoms with van der Waals surface area (Å²) in [7, 11) is -3.65. The van der Waals surface area contributed by atoms with Crippen LogP contribution in [0.3, 0.4) is 0 Å². The van der Waals surface area contributed by atoms with Gasteiger partial charge in [-0.3, -0.25) is 4.98 Å². The van der Waals surface area contributed by atoms with Gasteiger partial charge in [0.15, 0.2) is 5.03 Å². The number of aromatic nitrogens is 2. The molecule has 2 aromatic rings. The van der Waals surface area contributed by atoms with Crippen LogP contribution in [0.25, 0.3) is 0 Å². The van der Waals surface area contributed by atoms with Crippen LogP contribution in [0.15, 0.2) is 53.8 Å². The van der Waals surface area contributed by atoms with E-state index in [9.17, 15) is 8.42 Å². The van der Waals surface area contributed by atoms with Gasteiger partial charge in [0.25, 0.3) is 10.0 Å². The van der Waals surface area contributed by atoms with Crippen molar-refractivity contribution in [2.75, 3.05) is 0 Å². The Morgan fingerprint density at radius 2 is 1.65 bits per heavy atom. The van der Waals surface area contributed by atoms with Crippen LogP contribution in [0, 0.1) is 5.92 Å². The molecule has 0 aliphatic heterocycles. The van der Waals surface area contributed by atoms with Crippen LogP contribution in [0.5, 0.6) is 0 Å². The van der Waals surface area contributed by atoms with Crippen LogP contribution in [-0.4, -0.2) is 18.4 Å². The lowest BCUT2D eigenvalue weighted by Crippen LogP contribution is -2.32.